The van der Waals surface area contributed by atoms with Gasteiger partial charge in [0.1, 0.15) is 5.75 Å². The summed E-state index contributed by atoms with van der Waals surface area (Å²) in [6.45, 7) is 4.75. The Labute approximate surface area is 87.4 Å². The molecule has 0 saturated carbocycles. The standard InChI is InChI=1S/C10H14BrNO/c1-3-13-10-5-4-9(12-7-11)6-8(10)2/h4-6,12H,3,7H2,1-2H3. The molecule has 0 bridgehead atoms. The normalized spacial score (nSPS) is 9.77. The maximum atomic E-state index is 5.43. The van der Waals surface area contributed by atoms with Gasteiger partial charge in [-0.2, -0.15) is 0 Å². The number of ether oxygens (including phenoxy) is 1. The Morgan fingerprint density at radius 1 is 1.46 bits per heavy atom. The summed E-state index contributed by atoms with van der Waals surface area (Å²) in [5.41, 5.74) is 3.03. The number of benzene rings is 1. The van der Waals surface area contributed by atoms with E-state index in [4.69, 9.17) is 4.74 Å². The van der Waals surface area contributed by atoms with E-state index in [0.717, 1.165) is 22.5 Å². The lowest BCUT2D eigenvalue weighted by atomic mass is 10.2. The van der Waals surface area contributed by atoms with Crippen LogP contribution in [0, 0.1) is 6.92 Å². The van der Waals surface area contributed by atoms with Crippen LogP contribution in [0.25, 0.3) is 0 Å². The van der Waals surface area contributed by atoms with Crippen LogP contribution in [0.15, 0.2) is 18.2 Å². The van der Waals surface area contributed by atoms with Crippen LogP contribution in [0.3, 0.4) is 0 Å². The molecule has 13 heavy (non-hydrogen) atoms. The molecular weight excluding hydrogens is 230 g/mol. The van der Waals surface area contributed by atoms with Crippen LogP contribution in [0.2, 0.25) is 0 Å². The largest absolute Gasteiger partial charge is 0.494 e. The monoisotopic (exact) mass is 243 g/mol. The van der Waals surface area contributed by atoms with Crippen LogP contribution < -0.4 is 10.1 Å². The van der Waals surface area contributed by atoms with Crippen molar-refractivity contribution in [2.75, 3.05) is 17.4 Å². The van der Waals surface area contributed by atoms with E-state index >= 15 is 0 Å². The van der Waals surface area contributed by atoms with E-state index in [1.165, 1.54) is 0 Å². The van der Waals surface area contributed by atoms with Gasteiger partial charge in [-0.1, -0.05) is 15.9 Å². The fourth-order valence-electron chi connectivity index (χ4n) is 1.15. The summed E-state index contributed by atoms with van der Waals surface area (Å²) >= 11 is 3.32. The van der Waals surface area contributed by atoms with Gasteiger partial charge in [0.25, 0.3) is 0 Å². The van der Waals surface area contributed by atoms with Gasteiger partial charge in [-0.05, 0) is 37.6 Å². The first-order valence-corrected chi connectivity index (χ1v) is 5.43. The Balaban J connectivity index is 2.79. The lowest BCUT2D eigenvalue weighted by Crippen LogP contribution is -1.97. The fraction of sp³-hybridized carbons (Fsp3) is 0.400. The zero-order valence-electron chi connectivity index (χ0n) is 7.93. The molecule has 1 aromatic carbocycles. The third kappa shape index (κ3) is 2.92. The molecule has 0 radical (unpaired) electrons. The summed E-state index contributed by atoms with van der Waals surface area (Å²) in [5.74, 6) is 0.961. The molecule has 0 aromatic heterocycles. The molecular formula is C10H14BrNO. The van der Waals surface area contributed by atoms with Crippen LogP contribution in [0.4, 0.5) is 5.69 Å². The minimum absolute atomic E-state index is 0.714. The van der Waals surface area contributed by atoms with Crippen molar-refractivity contribution in [1.29, 1.82) is 0 Å². The number of hydrogen-bond acceptors (Lipinski definition) is 2. The zero-order chi connectivity index (χ0) is 9.68. The van der Waals surface area contributed by atoms with Gasteiger partial charge in [-0.15, -0.1) is 0 Å². The first-order valence-electron chi connectivity index (χ1n) is 4.31. The number of rotatable bonds is 4. The molecule has 0 aliphatic rings. The molecule has 2 nitrogen and oxygen atoms in total. The van der Waals surface area contributed by atoms with Crippen LogP contribution >= 0.6 is 15.9 Å². The van der Waals surface area contributed by atoms with E-state index in [9.17, 15) is 0 Å². The highest BCUT2D eigenvalue weighted by molar-refractivity contribution is 9.09. The lowest BCUT2D eigenvalue weighted by Gasteiger charge is -2.09. The number of nitrogens with one attached hydrogen (secondary N) is 1. The van der Waals surface area contributed by atoms with Gasteiger partial charge in [-0.3, -0.25) is 0 Å². The van der Waals surface area contributed by atoms with E-state index in [-0.39, 0.29) is 0 Å². The zero-order valence-corrected chi connectivity index (χ0v) is 9.52. The van der Waals surface area contributed by atoms with Gasteiger partial charge >= 0.3 is 0 Å². The van der Waals surface area contributed by atoms with Gasteiger partial charge in [0, 0.05) is 5.69 Å². The first-order chi connectivity index (χ1) is 6.27. The average Bonchev–Trinajstić information content (AvgIpc) is 2.10. The highest BCUT2D eigenvalue weighted by Crippen LogP contribution is 2.21. The third-order valence-corrected chi connectivity index (χ3v) is 2.03. The Morgan fingerprint density at radius 3 is 2.77 bits per heavy atom. The quantitative estimate of drug-likeness (QED) is 0.648. The van der Waals surface area contributed by atoms with Crippen molar-refractivity contribution in [3.8, 4) is 5.75 Å². The van der Waals surface area contributed by atoms with E-state index < -0.39 is 0 Å². The number of anilines is 1. The molecule has 0 unspecified atom stereocenters. The van der Waals surface area contributed by atoms with Crippen molar-refractivity contribution in [1.82, 2.24) is 0 Å². The number of alkyl halides is 1. The number of aryl methyl sites for hydroxylation is 1. The van der Waals surface area contributed by atoms with Crippen molar-refractivity contribution in [3.05, 3.63) is 23.8 Å². The van der Waals surface area contributed by atoms with E-state index in [2.05, 4.69) is 27.3 Å². The minimum Gasteiger partial charge on any atom is -0.494 e. The van der Waals surface area contributed by atoms with Crippen LogP contribution in [-0.2, 0) is 0 Å². The lowest BCUT2D eigenvalue weighted by molar-refractivity contribution is 0.338. The van der Waals surface area contributed by atoms with Gasteiger partial charge in [0.2, 0.25) is 0 Å². The smallest absolute Gasteiger partial charge is 0.122 e. The molecule has 0 aliphatic carbocycles. The third-order valence-electron chi connectivity index (χ3n) is 1.75. The SMILES string of the molecule is CCOc1ccc(NCBr)cc1C. The van der Waals surface area contributed by atoms with E-state index in [1.54, 1.807) is 0 Å². The summed E-state index contributed by atoms with van der Waals surface area (Å²) in [4.78, 5) is 0. The molecule has 1 N–H and O–H groups in total. The number of halogens is 1. The van der Waals surface area contributed by atoms with E-state index in [1.807, 2.05) is 26.0 Å². The summed E-state index contributed by atoms with van der Waals surface area (Å²) in [6, 6.07) is 6.08. The maximum absolute atomic E-state index is 5.43. The van der Waals surface area contributed by atoms with Crippen LogP contribution in [-0.4, -0.2) is 12.1 Å². The second-order valence-corrected chi connectivity index (χ2v) is 3.28. The Bertz CT molecular complexity index is 276. The van der Waals surface area contributed by atoms with Gasteiger partial charge in [-0.25, -0.2) is 0 Å². The molecule has 0 fully saturated rings. The van der Waals surface area contributed by atoms with Gasteiger partial charge in [0.15, 0.2) is 0 Å². The molecule has 1 aromatic rings. The molecule has 3 heteroatoms. The Hall–Kier alpha value is -0.700. The fourth-order valence-corrected chi connectivity index (χ4v) is 1.48. The Morgan fingerprint density at radius 2 is 2.23 bits per heavy atom. The summed E-state index contributed by atoms with van der Waals surface area (Å²) in [5, 5.41) is 3.18. The molecule has 0 spiro atoms. The summed E-state index contributed by atoms with van der Waals surface area (Å²) < 4.78 is 5.43. The molecule has 72 valence electrons. The second kappa shape index (κ2) is 5.12. The molecule has 0 heterocycles. The molecule has 0 atom stereocenters. The summed E-state index contributed by atoms with van der Waals surface area (Å²) in [6.07, 6.45) is 0. The van der Waals surface area contributed by atoms with E-state index in [0.29, 0.717) is 6.61 Å². The average molecular weight is 244 g/mol. The number of hydrogen-bond donors (Lipinski definition) is 1. The van der Waals surface area contributed by atoms with Crippen molar-refractivity contribution < 1.29 is 4.74 Å². The molecule has 0 aliphatic heterocycles. The van der Waals surface area contributed by atoms with Crippen molar-refractivity contribution in [2.45, 2.75) is 13.8 Å². The van der Waals surface area contributed by atoms with Crippen molar-refractivity contribution >= 4 is 21.6 Å². The Kier molecular flexibility index (Phi) is 4.09. The highest BCUT2D eigenvalue weighted by atomic mass is 79.9. The second-order valence-electron chi connectivity index (χ2n) is 2.72. The van der Waals surface area contributed by atoms with Crippen molar-refractivity contribution in [3.63, 3.8) is 0 Å². The minimum atomic E-state index is 0.714. The van der Waals surface area contributed by atoms with Crippen LogP contribution in [0.1, 0.15) is 12.5 Å². The summed E-state index contributed by atoms with van der Waals surface area (Å²) in [7, 11) is 0. The molecule has 0 saturated heterocycles. The molecule has 1 rings (SSSR count). The molecule has 0 amide bonds. The van der Waals surface area contributed by atoms with Crippen LogP contribution in [0.5, 0.6) is 5.75 Å². The van der Waals surface area contributed by atoms with Crippen molar-refractivity contribution in [2.24, 2.45) is 0 Å². The predicted octanol–water partition coefficient (Wildman–Crippen LogP) is 3.16. The first kappa shape index (κ1) is 10.4. The highest BCUT2D eigenvalue weighted by Gasteiger charge is 1.99. The maximum Gasteiger partial charge on any atom is 0.122 e. The van der Waals surface area contributed by atoms with Gasteiger partial charge < -0.3 is 10.1 Å². The van der Waals surface area contributed by atoms with Gasteiger partial charge in [0.05, 0.1) is 12.1 Å². The predicted molar refractivity (Wildman–Crippen MR) is 59.8 cm³/mol. The topological polar surface area (TPSA) is 21.3 Å².